The number of fused-ring (bicyclic) bond motifs is 1. The molecule has 35 heavy (non-hydrogen) atoms. The van der Waals surface area contributed by atoms with E-state index in [0.29, 0.717) is 28.3 Å². The first-order chi connectivity index (χ1) is 17.3. The minimum absolute atomic E-state index is 0.0457. The summed E-state index contributed by atoms with van der Waals surface area (Å²) in [6, 6.07) is 41.2. The van der Waals surface area contributed by atoms with E-state index in [1.54, 1.807) is 0 Å². The molecule has 0 radical (unpaired) electrons. The van der Waals surface area contributed by atoms with Crippen molar-refractivity contribution in [3.8, 4) is 50.7 Å². The molecule has 4 aromatic rings. The highest BCUT2D eigenvalue weighted by Gasteiger charge is 2.24. The van der Waals surface area contributed by atoms with Gasteiger partial charge in [0.25, 0.3) is 0 Å². The summed E-state index contributed by atoms with van der Waals surface area (Å²) in [6.45, 7) is 0. The van der Waals surface area contributed by atoms with Crippen molar-refractivity contribution < 1.29 is 0 Å². The number of nitrogens with zero attached hydrogens (tertiary/aromatic N) is 3. The molecule has 0 N–H and O–H groups in total. The zero-order chi connectivity index (χ0) is 23.6. The fourth-order valence-corrected chi connectivity index (χ4v) is 4.39. The first-order valence-corrected chi connectivity index (χ1v) is 11.5. The van der Waals surface area contributed by atoms with Crippen LogP contribution in [0, 0.1) is 0 Å². The van der Waals surface area contributed by atoms with E-state index in [0.717, 1.165) is 22.4 Å². The van der Waals surface area contributed by atoms with Crippen LogP contribution in [0.4, 0.5) is 0 Å². The molecule has 0 saturated carbocycles. The van der Waals surface area contributed by atoms with Crippen LogP contribution in [-0.2, 0) is 0 Å². The van der Waals surface area contributed by atoms with E-state index in [1.165, 1.54) is 0 Å². The Morgan fingerprint density at radius 1 is 0.571 bits per heavy atom. The lowest BCUT2D eigenvalue weighted by atomic mass is 9.93. The Balaban J connectivity index is 1.77. The van der Waals surface area contributed by atoms with Crippen molar-refractivity contribution in [3.05, 3.63) is 138 Å². The van der Waals surface area contributed by atoms with E-state index in [4.69, 9.17) is 10.1 Å². The highest BCUT2D eigenvalue weighted by atomic mass is 16.1. The van der Waals surface area contributed by atoms with Gasteiger partial charge in [-0.1, -0.05) is 109 Å². The predicted octanol–water partition coefficient (Wildman–Crippen LogP) is 6.73. The molecule has 1 aliphatic heterocycles. The van der Waals surface area contributed by atoms with E-state index in [-0.39, 0.29) is 5.43 Å². The Labute approximate surface area is 203 Å². The second kappa shape index (κ2) is 8.84. The van der Waals surface area contributed by atoms with Gasteiger partial charge in [0.2, 0.25) is 0 Å². The van der Waals surface area contributed by atoms with Crippen LogP contribution in [0.15, 0.2) is 132 Å². The molecule has 0 amide bonds. The maximum absolute atomic E-state index is 14.1. The zero-order valence-electron chi connectivity index (χ0n) is 18.9. The Morgan fingerprint density at radius 3 is 1.69 bits per heavy atom. The van der Waals surface area contributed by atoms with Crippen LogP contribution in [0.25, 0.3) is 50.7 Å². The van der Waals surface area contributed by atoms with Crippen molar-refractivity contribution in [2.45, 2.75) is 0 Å². The van der Waals surface area contributed by atoms with E-state index < -0.39 is 0 Å². The van der Waals surface area contributed by atoms with Gasteiger partial charge in [0.1, 0.15) is 5.69 Å². The lowest BCUT2D eigenvalue weighted by Crippen LogP contribution is -2.18. The van der Waals surface area contributed by atoms with Crippen LogP contribution in [-0.4, -0.2) is 14.8 Å². The lowest BCUT2D eigenvalue weighted by molar-refractivity contribution is 0.829. The summed E-state index contributed by atoms with van der Waals surface area (Å²) in [5.74, 6) is 0.596. The number of rotatable bonds is 4. The quantitative estimate of drug-likeness (QED) is 0.298. The van der Waals surface area contributed by atoms with Gasteiger partial charge in [-0.05, 0) is 29.3 Å². The number of benzene rings is 5. The molecule has 6 rings (SSSR count). The largest absolute Gasteiger partial charge is 0.288 e. The van der Waals surface area contributed by atoms with Crippen molar-refractivity contribution in [1.29, 1.82) is 0 Å². The van der Waals surface area contributed by atoms with E-state index in [1.807, 2.05) is 132 Å². The first kappa shape index (κ1) is 20.8. The molecule has 4 nitrogen and oxygen atoms in total. The SMILES string of the molecule is O=c1c(-c2ccccc2)cc2nc(-c3ccccc3)nn(-c3ccccc3)c-2c1-c1ccccc1. The van der Waals surface area contributed by atoms with Crippen LogP contribution >= 0.6 is 0 Å². The van der Waals surface area contributed by atoms with E-state index in [9.17, 15) is 4.79 Å². The molecular weight excluding hydrogens is 430 g/mol. The average Bonchev–Trinajstić information content (AvgIpc) is 2.94. The second-order valence-corrected chi connectivity index (χ2v) is 8.28. The van der Waals surface area contributed by atoms with Crippen LogP contribution in [0.3, 0.4) is 0 Å². The molecule has 0 unspecified atom stereocenters. The highest BCUT2D eigenvalue weighted by molar-refractivity contribution is 5.87. The van der Waals surface area contributed by atoms with Gasteiger partial charge < -0.3 is 0 Å². The van der Waals surface area contributed by atoms with Crippen molar-refractivity contribution in [3.63, 3.8) is 0 Å². The number of hydrogen-bond acceptors (Lipinski definition) is 3. The summed E-state index contributed by atoms with van der Waals surface area (Å²) in [6.07, 6.45) is 0. The van der Waals surface area contributed by atoms with Crippen molar-refractivity contribution in [2.75, 3.05) is 0 Å². The summed E-state index contributed by atoms with van der Waals surface area (Å²) >= 11 is 0. The molecule has 1 heterocycles. The fraction of sp³-hybridized carbons (Fsp3) is 0. The van der Waals surface area contributed by atoms with Crippen molar-refractivity contribution >= 4 is 0 Å². The third kappa shape index (κ3) is 3.81. The van der Waals surface area contributed by atoms with E-state index >= 15 is 0 Å². The minimum atomic E-state index is -0.0457. The normalized spacial score (nSPS) is 11.0. The number of hydrogen-bond donors (Lipinski definition) is 0. The minimum Gasteiger partial charge on any atom is -0.288 e. The molecule has 4 heteroatoms. The summed E-state index contributed by atoms with van der Waals surface area (Å²) in [5.41, 5.74) is 6.03. The Kier molecular flexibility index (Phi) is 5.24. The third-order valence-corrected chi connectivity index (χ3v) is 6.05. The van der Waals surface area contributed by atoms with Gasteiger partial charge in [0.05, 0.1) is 16.9 Å². The Morgan fingerprint density at radius 2 is 1.09 bits per heavy atom. The summed E-state index contributed by atoms with van der Waals surface area (Å²) in [5, 5.41) is 4.94. The monoisotopic (exact) mass is 451 g/mol. The second-order valence-electron chi connectivity index (χ2n) is 8.28. The smallest absolute Gasteiger partial charge is 0.196 e. The molecule has 4 aromatic carbocycles. The molecule has 0 atom stereocenters. The predicted molar refractivity (Wildman–Crippen MR) is 141 cm³/mol. The summed E-state index contributed by atoms with van der Waals surface area (Å²) < 4.78 is 1.85. The van der Waals surface area contributed by atoms with Gasteiger partial charge in [0, 0.05) is 11.1 Å². The van der Waals surface area contributed by atoms with Crippen molar-refractivity contribution in [1.82, 2.24) is 14.8 Å². The van der Waals surface area contributed by atoms with Crippen LogP contribution in [0.1, 0.15) is 0 Å². The Bertz CT molecular complexity index is 1630. The Hall–Kier alpha value is -4.83. The molecule has 0 saturated heterocycles. The summed E-state index contributed by atoms with van der Waals surface area (Å²) in [7, 11) is 0. The molecule has 0 fully saturated rings. The summed E-state index contributed by atoms with van der Waals surface area (Å²) in [4.78, 5) is 19.0. The molecule has 2 aliphatic rings. The van der Waals surface area contributed by atoms with Crippen molar-refractivity contribution in [2.24, 2.45) is 0 Å². The molecule has 0 aromatic heterocycles. The maximum Gasteiger partial charge on any atom is 0.196 e. The number of aromatic nitrogens is 3. The standard InChI is InChI=1S/C31H21N3O/c35-30-26(22-13-5-1-6-14-22)21-27-29(28(30)23-15-7-2-8-16-23)34(25-19-11-4-12-20-25)33-31(32-27)24-17-9-3-10-18-24/h1-21H. The van der Waals surface area contributed by atoms with Gasteiger partial charge in [-0.3, -0.25) is 4.79 Å². The highest BCUT2D eigenvalue weighted by Crippen LogP contribution is 2.35. The topological polar surface area (TPSA) is 47.8 Å². The molecule has 1 aliphatic carbocycles. The van der Waals surface area contributed by atoms with Gasteiger partial charge in [0.15, 0.2) is 11.3 Å². The van der Waals surface area contributed by atoms with Gasteiger partial charge in [-0.15, -0.1) is 5.10 Å². The maximum atomic E-state index is 14.1. The molecule has 166 valence electrons. The lowest BCUT2D eigenvalue weighted by Gasteiger charge is -2.20. The molecule has 0 spiro atoms. The number of para-hydroxylation sites is 1. The van der Waals surface area contributed by atoms with Crippen LogP contribution in [0.5, 0.6) is 0 Å². The van der Waals surface area contributed by atoms with Crippen LogP contribution < -0.4 is 5.43 Å². The van der Waals surface area contributed by atoms with Crippen LogP contribution in [0.2, 0.25) is 0 Å². The van der Waals surface area contributed by atoms with Gasteiger partial charge >= 0.3 is 0 Å². The van der Waals surface area contributed by atoms with Gasteiger partial charge in [-0.25, -0.2) is 9.67 Å². The zero-order valence-corrected chi connectivity index (χ0v) is 18.9. The molecule has 0 bridgehead atoms. The first-order valence-electron chi connectivity index (χ1n) is 11.5. The average molecular weight is 452 g/mol. The van der Waals surface area contributed by atoms with E-state index in [2.05, 4.69) is 0 Å². The third-order valence-electron chi connectivity index (χ3n) is 6.05. The fourth-order valence-electron chi connectivity index (χ4n) is 4.39. The molecular formula is C31H21N3O. The van der Waals surface area contributed by atoms with Gasteiger partial charge in [-0.2, -0.15) is 0 Å².